The van der Waals surface area contributed by atoms with Crippen LogP contribution in [0.1, 0.15) is 20.8 Å². The van der Waals surface area contributed by atoms with Gasteiger partial charge in [-0.3, -0.25) is 4.79 Å². The maximum atomic E-state index is 12.8. The van der Waals surface area contributed by atoms with Crippen LogP contribution < -0.4 is 14.8 Å². The summed E-state index contributed by atoms with van der Waals surface area (Å²) in [6.07, 6.45) is -4.48. The molecule has 0 aliphatic carbocycles. The molecule has 0 atom stereocenters. The van der Waals surface area contributed by atoms with E-state index in [1.165, 1.54) is 12.1 Å². The smallest absolute Gasteiger partial charge is 0.416 e. The molecular formula is C20H16F3NO3S. The summed E-state index contributed by atoms with van der Waals surface area (Å²) in [6.45, 7) is 0.241. The zero-order chi connectivity index (χ0) is 20.1. The second-order valence-corrected chi connectivity index (χ2v) is 6.70. The highest BCUT2D eigenvalue weighted by Gasteiger charge is 2.30. The number of benzene rings is 2. The summed E-state index contributed by atoms with van der Waals surface area (Å²) in [5.74, 6) is 0.560. The van der Waals surface area contributed by atoms with Gasteiger partial charge in [-0.25, -0.2) is 0 Å². The van der Waals surface area contributed by atoms with Gasteiger partial charge in [-0.1, -0.05) is 18.2 Å². The van der Waals surface area contributed by atoms with Gasteiger partial charge in [0.1, 0.15) is 23.0 Å². The molecule has 3 rings (SSSR count). The quantitative estimate of drug-likeness (QED) is 0.578. The standard InChI is InChI=1S/C20H16F3NO3S/c1-26-16-7-5-13(6-8-16)12-27-17-9-10-28-18(17)19(25)24-15-4-2-3-14(11-15)20(21,22)23/h2-11H,12H2,1H3,(H,24,25). The summed E-state index contributed by atoms with van der Waals surface area (Å²) >= 11 is 1.15. The average Bonchev–Trinajstić information content (AvgIpc) is 3.15. The van der Waals surface area contributed by atoms with Crippen LogP contribution in [0.4, 0.5) is 18.9 Å². The number of thiophene rings is 1. The number of ether oxygens (including phenoxy) is 2. The van der Waals surface area contributed by atoms with Gasteiger partial charge in [0.05, 0.1) is 12.7 Å². The van der Waals surface area contributed by atoms with Gasteiger partial charge in [0.25, 0.3) is 5.91 Å². The van der Waals surface area contributed by atoms with E-state index in [0.717, 1.165) is 34.8 Å². The monoisotopic (exact) mass is 407 g/mol. The van der Waals surface area contributed by atoms with Gasteiger partial charge < -0.3 is 14.8 Å². The van der Waals surface area contributed by atoms with Crippen molar-refractivity contribution in [1.29, 1.82) is 0 Å². The minimum Gasteiger partial charge on any atom is -0.497 e. The third-order valence-corrected chi connectivity index (χ3v) is 4.73. The summed E-state index contributed by atoms with van der Waals surface area (Å²) in [4.78, 5) is 12.8. The Kier molecular flexibility index (Phi) is 5.89. The fraction of sp³-hybridized carbons (Fsp3) is 0.150. The Bertz CT molecular complexity index is 952. The fourth-order valence-electron chi connectivity index (χ4n) is 2.42. The van der Waals surface area contributed by atoms with E-state index in [9.17, 15) is 18.0 Å². The molecule has 1 aromatic heterocycles. The normalized spacial score (nSPS) is 11.1. The molecule has 2 aromatic carbocycles. The average molecular weight is 407 g/mol. The van der Waals surface area contributed by atoms with Crippen molar-refractivity contribution in [2.75, 3.05) is 12.4 Å². The van der Waals surface area contributed by atoms with E-state index < -0.39 is 17.6 Å². The van der Waals surface area contributed by atoms with Crippen molar-refractivity contribution in [2.24, 2.45) is 0 Å². The van der Waals surface area contributed by atoms with Gasteiger partial charge >= 0.3 is 6.18 Å². The lowest BCUT2D eigenvalue weighted by Crippen LogP contribution is -2.13. The Balaban J connectivity index is 1.68. The first-order valence-corrected chi connectivity index (χ1v) is 9.06. The molecule has 0 spiro atoms. The summed E-state index contributed by atoms with van der Waals surface area (Å²) < 4.78 is 49.2. The van der Waals surface area contributed by atoms with E-state index in [1.54, 1.807) is 30.7 Å². The highest BCUT2D eigenvalue weighted by Crippen LogP contribution is 2.31. The molecule has 28 heavy (non-hydrogen) atoms. The van der Waals surface area contributed by atoms with Gasteiger partial charge in [-0.15, -0.1) is 11.3 Å². The topological polar surface area (TPSA) is 47.6 Å². The molecule has 0 radical (unpaired) electrons. The van der Waals surface area contributed by atoms with Crippen LogP contribution in [0.25, 0.3) is 0 Å². The number of carbonyl (C=O) groups excluding carboxylic acids is 1. The molecule has 4 nitrogen and oxygen atoms in total. The number of hydrogen-bond acceptors (Lipinski definition) is 4. The number of carbonyl (C=O) groups is 1. The van der Waals surface area contributed by atoms with Crippen molar-refractivity contribution < 1.29 is 27.4 Å². The van der Waals surface area contributed by atoms with Crippen molar-refractivity contribution >= 4 is 22.9 Å². The molecule has 146 valence electrons. The van der Waals surface area contributed by atoms with Crippen molar-refractivity contribution in [3.05, 3.63) is 76.0 Å². The molecule has 0 saturated carbocycles. The molecule has 0 fully saturated rings. The molecule has 1 amide bonds. The summed E-state index contributed by atoms with van der Waals surface area (Å²) in [7, 11) is 1.58. The predicted octanol–water partition coefficient (Wildman–Crippen LogP) is 5.61. The zero-order valence-corrected chi connectivity index (χ0v) is 15.6. The van der Waals surface area contributed by atoms with E-state index in [1.807, 2.05) is 12.1 Å². The summed E-state index contributed by atoms with van der Waals surface area (Å²) in [5.41, 5.74) is 0.123. The highest BCUT2D eigenvalue weighted by molar-refractivity contribution is 7.12. The maximum absolute atomic E-state index is 12.8. The van der Waals surface area contributed by atoms with Crippen LogP contribution >= 0.6 is 11.3 Å². The Morgan fingerprint density at radius 3 is 2.54 bits per heavy atom. The van der Waals surface area contributed by atoms with Crippen molar-refractivity contribution in [1.82, 2.24) is 0 Å². The number of alkyl halides is 3. The van der Waals surface area contributed by atoms with Crippen LogP contribution in [0.5, 0.6) is 11.5 Å². The van der Waals surface area contributed by atoms with Crippen LogP contribution in [-0.2, 0) is 12.8 Å². The molecular weight excluding hydrogens is 391 g/mol. The molecule has 1 heterocycles. The number of rotatable bonds is 6. The Morgan fingerprint density at radius 1 is 1.11 bits per heavy atom. The fourth-order valence-corrected chi connectivity index (χ4v) is 3.15. The molecule has 0 unspecified atom stereocenters. The SMILES string of the molecule is COc1ccc(COc2ccsc2C(=O)Nc2cccc(C(F)(F)F)c2)cc1. The highest BCUT2D eigenvalue weighted by atomic mass is 32.1. The molecule has 0 aliphatic heterocycles. The third-order valence-electron chi connectivity index (χ3n) is 3.84. The van der Waals surface area contributed by atoms with E-state index >= 15 is 0 Å². The first-order chi connectivity index (χ1) is 13.4. The van der Waals surface area contributed by atoms with Crippen LogP contribution in [0.2, 0.25) is 0 Å². The van der Waals surface area contributed by atoms with Gasteiger partial charge in [-0.05, 0) is 47.3 Å². The number of nitrogens with one attached hydrogen (secondary N) is 1. The minimum atomic E-state index is -4.48. The van der Waals surface area contributed by atoms with Crippen LogP contribution in [0.15, 0.2) is 60.0 Å². The molecule has 0 bridgehead atoms. The first kappa shape index (κ1) is 19.8. The minimum absolute atomic E-state index is 0.0642. The molecule has 1 N–H and O–H groups in total. The number of anilines is 1. The largest absolute Gasteiger partial charge is 0.497 e. The van der Waals surface area contributed by atoms with Crippen LogP contribution in [-0.4, -0.2) is 13.0 Å². The molecule has 3 aromatic rings. The summed E-state index contributed by atoms with van der Waals surface area (Å²) in [6, 6.07) is 13.4. The van der Waals surface area contributed by atoms with Crippen molar-refractivity contribution in [3.63, 3.8) is 0 Å². The van der Waals surface area contributed by atoms with Gasteiger partial charge in [0.2, 0.25) is 0 Å². The lowest BCUT2D eigenvalue weighted by Gasteiger charge is -2.11. The number of halogens is 3. The van der Waals surface area contributed by atoms with Crippen LogP contribution in [0.3, 0.4) is 0 Å². The van der Waals surface area contributed by atoms with Gasteiger partial charge in [0, 0.05) is 5.69 Å². The van der Waals surface area contributed by atoms with E-state index in [2.05, 4.69) is 5.32 Å². The van der Waals surface area contributed by atoms with E-state index in [4.69, 9.17) is 9.47 Å². The predicted molar refractivity (Wildman–Crippen MR) is 101 cm³/mol. The second-order valence-electron chi connectivity index (χ2n) is 5.78. The lowest BCUT2D eigenvalue weighted by atomic mass is 10.2. The first-order valence-electron chi connectivity index (χ1n) is 8.18. The van der Waals surface area contributed by atoms with Crippen molar-refractivity contribution in [2.45, 2.75) is 12.8 Å². The zero-order valence-electron chi connectivity index (χ0n) is 14.7. The van der Waals surface area contributed by atoms with Gasteiger partial charge in [-0.2, -0.15) is 13.2 Å². The third kappa shape index (κ3) is 4.83. The van der Waals surface area contributed by atoms with Crippen LogP contribution in [0, 0.1) is 0 Å². The molecule has 8 heteroatoms. The lowest BCUT2D eigenvalue weighted by molar-refractivity contribution is -0.137. The Morgan fingerprint density at radius 2 is 1.86 bits per heavy atom. The summed E-state index contributed by atoms with van der Waals surface area (Å²) in [5, 5.41) is 4.17. The van der Waals surface area contributed by atoms with E-state index in [-0.39, 0.29) is 17.2 Å². The Hall–Kier alpha value is -3.00. The van der Waals surface area contributed by atoms with Crippen molar-refractivity contribution in [3.8, 4) is 11.5 Å². The Labute approximate surface area is 163 Å². The molecule has 0 saturated heterocycles. The van der Waals surface area contributed by atoms with E-state index in [0.29, 0.717) is 5.75 Å². The number of hydrogen-bond donors (Lipinski definition) is 1. The molecule has 0 aliphatic rings. The van der Waals surface area contributed by atoms with Gasteiger partial charge in [0.15, 0.2) is 0 Å². The maximum Gasteiger partial charge on any atom is 0.416 e. The second kappa shape index (κ2) is 8.35. The number of amides is 1. The number of methoxy groups -OCH3 is 1.